The zero-order chi connectivity index (χ0) is 25.6. The van der Waals surface area contributed by atoms with E-state index in [-0.39, 0.29) is 30.7 Å². The van der Waals surface area contributed by atoms with E-state index in [4.69, 9.17) is 9.47 Å². The lowest BCUT2D eigenvalue weighted by atomic mass is 9.81. The van der Waals surface area contributed by atoms with Crippen LogP contribution in [0.25, 0.3) is 0 Å². The molecule has 0 N–H and O–H groups in total. The Morgan fingerprint density at radius 3 is 2.49 bits per heavy atom. The van der Waals surface area contributed by atoms with Crippen LogP contribution < -0.4 is 9.64 Å². The molecule has 3 aromatic rings. The van der Waals surface area contributed by atoms with Crippen molar-refractivity contribution in [3.8, 4) is 5.75 Å². The van der Waals surface area contributed by atoms with Crippen molar-refractivity contribution in [3.05, 3.63) is 107 Å². The number of halogens is 3. The lowest BCUT2D eigenvalue weighted by Crippen LogP contribution is -2.49. The smallest absolute Gasteiger partial charge is 0.416 e. The van der Waals surface area contributed by atoms with Gasteiger partial charge in [0.25, 0.3) is 5.91 Å². The Hall–Kier alpha value is -3.58. The Morgan fingerprint density at radius 2 is 1.68 bits per heavy atom. The van der Waals surface area contributed by atoms with Gasteiger partial charge in [-0.3, -0.25) is 4.79 Å². The van der Waals surface area contributed by atoms with Gasteiger partial charge in [-0.2, -0.15) is 13.2 Å². The topological polar surface area (TPSA) is 38.8 Å². The maximum absolute atomic E-state index is 14.3. The Balaban J connectivity index is 1.38. The lowest BCUT2D eigenvalue weighted by molar-refractivity contribution is -0.151. The Morgan fingerprint density at radius 1 is 0.946 bits per heavy atom. The quantitative estimate of drug-likeness (QED) is 0.358. The highest BCUT2D eigenvalue weighted by Gasteiger charge is 2.58. The maximum atomic E-state index is 14.3. The minimum absolute atomic E-state index is 0.0515. The van der Waals surface area contributed by atoms with Crippen molar-refractivity contribution in [2.45, 2.75) is 50.1 Å². The average Bonchev–Trinajstić information content (AvgIpc) is 3.47. The number of amides is 1. The number of rotatable bonds is 5. The number of alkyl halides is 3. The summed E-state index contributed by atoms with van der Waals surface area (Å²) < 4.78 is 54.0. The third-order valence-electron chi connectivity index (χ3n) is 7.53. The molecule has 37 heavy (non-hydrogen) atoms. The van der Waals surface area contributed by atoms with Crippen molar-refractivity contribution in [3.63, 3.8) is 0 Å². The van der Waals surface area contributed by atoms with Crippen LogP contribution in [0.2, 0.25) is 0 Å². The predicted molar refractivity (Wildman–Crippen MR) is 133 cm³/mol. The molecule has 3 aromatic carbocycles. The first-order valence-electron chi connectivity index (χ1n) is 12.5. The van der Waals surface area contributed by atoms with Gasteiger partial charge >= 0.3 is 6.18 Å². The molecule has 0 aromatic heterocycles. The lowest BCUT2D eigenvalue weighted by Gasteiger charge is -2.39. The van der Waals surface area contributed by atoms with Crippen molar-refractivity contribution >= 4 is 11.6 Å². The van der Waals surface area contributed by atoms with Gasteiger partial charge in [-0.05, 0) is 61.1 Å². The van der Waals surface area contributed by atoms with E-state index >= 15 is 0 Å². The molecule has 190 valence electrons. The molecule has 3 aliphatic rings. The normalized spacial score (nSPS) is 22.9. The number of hydrogen-bond acceptors (Lipinski definition) is 3. The number of carbonyl (C=O) groups excluding carboxylic acids is 1. The van der Waals surface area contributed by atoms with Gasteiger partial charge in [-0.25, -0.2) is 0 Å². The molecule has 7 heteroatoms. The van der Waals surface area contributed by atoms with E-state index < -0.39 is 17.3 Å². The van der Waals surface area contributed by atoms with Crippen LogP contribution >= 0.6 is 0 Å². The molecule has 0 bridgehead atoms. The summed E-state index contributed by atoms with van der Waals surface area (Å²) in [7, 11) is 0. The van der Waals surface area contributed by atoms with Crippen LogP contribution in [0.5, 0.6) is 5.75 Å². The van der Waals surface area contributed by atoms with Crippen LogP contribution in [0.15, 0.2) is 90.0 Å². The molecule has 0 saturated carbocycles. The standard InChI is InChI=1S/C30H26F3NO3/c31-30(32,33)25-13-5-4-9-21(25)18-34-27-16-7-6-14-26(27)29(28(34)35)24-15-8-10-20(24)17-23(37-29)19-36-22-11-2-1-3-12-22/h1-7,9,11-14,16,23H,8,10,15,17-19H2/t23-,29+/m0/s1. The highest BCUT2D eigenvalue weighted by Crippen LogP contribution is 2.55. The summed E-state index contributed by atoms with van der Waals surface area (Å²) in [5.41, 5.74) is 1.44. The van der Waals surface area contributed by atoms with Gasteiger partial charge in [-0.1, -0.05) is 60.2 Å². The number of hydrogen-bond donors (Lipinski definition) is 0. The fourth-order valence-corrected chi connectivity index (χ4v) is 5.98. The van der Waals surface area contributed by atoms with E-state index in [9.17, 15) is 18.0 Å². The van der Waals surface area contributed by atoms with Gasteiger partial charge in [-0.15, -0.1) is 0 Å². The molecule has 1 amide bonds. The molecule has 2 atom stereocenters. The number of fused-ring (bicyclic) bond motifs is 3. The van der Waals surface area contributed by atoms with E-state index in [1.165, 1.54) is 22.6 Å². The summed E-state index contributed by atoms with van der Waals surface area (Å²) in [6, 6.07) is 22.2. The Kier molecular flexibility index (Phi) is 5.83. The maximum Gasteiger partial charge on any atom is 0.416 e. The SMILES string of the molecule is O=C1N(Cc2ccccc2C(F)(F)F)c2ccccc2[C@@]12O[C@H](COc1ccccc1)CC1=C2CCC1. The zero-order valence-electron chi connectivity index (χ0n) is 20.1. The number of carbonyl (C=O) groups is 1. The van der Waals surface area contributed by atoms with E-state index in [0.29, 0.717) is 17.7 Å². The third kappa shape index (κ3) is 4.02. The monoisotopic (exact) mass is 505 g/mol. The Bertz CT molecular complexity index is 1370. The third-order valence-corrected chi connectivity index (χ3v) is 7.53. The summed E-state index contributed by atoms with van der Waals surface area (Å²) in [4.78, 5) is 15.8. The van der Waals surface area contributed by atoms with Crippen LogP contribution in [0.3, 0.4) is 0 Å². The van der Waals surface area contributed by atoms with Gasteiger partial charge in [0.15, 0.2) is 5.60 Å². The van der Waals surface area contributed by atoms with Crippen molar-refractivity contribution in [2.75, 3.05) is 11.5 Å². The molecule has 0 radical (unpaired) electrons. The molecule has 1 spiro atoms. The fourth-order valence-electron chi connectivity index (χ4n) is 5.98. The molecule has 0 saturated heterocycles. The van der Waals surface area contributed by atoms with Crippen molar-refractivity contribution in [1.82, 2.24) is 0 Å². The number of benzene rings is 3. The average molecular weight is 506 g/mol. The largest absolute Gasteiger partial charge is 0.491 e. The highest BCUT2D eigenvalue weighted by molar-refractivity contribution is 6.09. The summed E-state index contributed by atoms with van der Waals surface area (Å²) >= 11 is 0. The van der Waals surface area contributed by atoms with Gasteiger partial charge in [0.1, 0.15) is 12.4 Å². The van der Waals surface area contributed by atoms with Gasteiger partial charge in [0, 0.05) is 5.56 Å². The summed E-state index contributed by atoms with van der Waals surface area (Å²) in [5.74, 6) is 0.388. The van der Waals surface area contributed by atoms with E-state index in [0.717, 1.165) is 36.7 Å². The van der Waals surface area contributed by atoms with Crippen LogP contribution in [-0.4, -0.2) is 18.6 Å². The number of ether oxygens (including phenoxy) is 2. The van der Waals surface area contributed by atoms with Crippen LogP contribution in [0, 0.1) is 0 Å². The van der Waals surface area contributed by atoms with Crippen molar-refractivity contribution in [1.29, 1.82) is 0 Å². The van der Waals surface area contributed by atoms with Gasteiger partial charge in [0.2, 0.25) is 0 Å². The highest BCUT2D eigenvalue weighted by atomic mass is 19.4. The zero-order valence-corrected chi connectivity index (χ0v) is 20.1. The van der Waals surface area contributed by atoms with Gasteiger partial charge in [0.05, 0.1) is 23.9 Å². The summed E-state index contributed by atoms with van der Waals surface area (Å²) in [6.45, 7) is 0.0827. The summed E-state index contributed by atoms with van der Waals surface area (Å²) in [6.07, 6.45) is -1.66. The minimum atomic E-state index is -4.51. The molecule has 2 heterocycles. The molecular formula is C30H26F3NO3. The fraction of sp³-hybridized carbons (Fsp3) is 0.300. The number of nitrogens with zero attached hydrogens (tertiary/aromatic N) is 1. The molecule has 1 aliphatic carbocycles. The van der Waals surface area contributed by atoms with E-state index in [1.54, 1.807) is 18.2 Å². The molecule has 0 unspecified atom stereocenters. The van der Waals surface area contributed by atoms with Crippen molar-refractivity contribution in [2.24, 2.45) is 0 Å². The first-order chi connectivity index (χ1) is 17.9. The van der Waals surface area contributed by atoms with Crippen LogP contribution in [-0.2, 0) is 27.9 Å². The Labute approximate surface area is 213 Å². The molecule has 4 nitrogen and oxygen atoms in total. The molecular weight excluding hydrogens is 479 g/mol. The first-order valence-corrected chi connectivity index (χ1v) is 12.5. The van der Waals surface area contributed by atoms with E-state index in [1.807, 2.05) is 42.5 Å². The second kappa shape index (κ2) is 9.06. The molecule has 0 fully saturated rings. The summed E-state index contributed by atoms with van der Waals surface area (Å²) in [5, 5.41) is 0. The van der Waals surface area contributed by atoms with Crippen LogP contribution in [0.1, 0.15) is 42.4 Å². The molecule has 6 rings (SSSR count). The minimum Gasteiger partial charge on any atom is -0.491 e. The number of anilines is 1. The second-order valence-corrected chi connectivity index (χ2v) is 9.75. The number of para-hydroxylation sites is 2. The second-order valence-electron chi connectivity index (χ2n) is 9.75. The van der Waals surface area contributed by atoms with Gasteiger partial charge < -0.3 is 14.4 Å². The van der Waals surface area contributed by atoms with Crippen molar-refractivity contribution < 1.29 is 27.4 Å². The van der Waals surface area contributed by atoms with Crippen LogP contribution in [0.4, 0.5) is 18.9 Å². The predicted octanol–water partition coefficient (Wildman–Crippen LogP) is 6.80. The molecule has 2 aliphatic heterocycles. The van der Waals surface area contributed by atoms with E-state index in [2.05, 4.69) is 0 Å². The first kappa shape index (κ1) is 23.8.